The lowest BCUT2D eigenvalue weighted by Crippen LogP contribution is -2.49. The van der Waals surface area contributed by atoms with Crippen LogP contribution in [0.3, 0.4) is 0 Å². The summed E-state index contributed by atoms with van der Waals surface area (Å²) in [6, 6.07) is 8.18. The van der Waals surface area contributed by atoms with E-state index in [0.717, 1.165) is 41.7 Å². The summed E-state index contributed by atoms with van der Waals surface area (Å²) < 4.78 is 0. The monoisotopic (exact) mass is 328 g/mol. The van der Waals surface area contributed by atoms with Gasteiger partial charge in [-0.3, -0.25) is 0 Å². The number of hydrogen-bond donors (Lipinski definition) is 3. The first-order valence-electron chi connectivity index (χ1n) is 8.70. The lowest BCUT2D eigenvalue weighted by molar-refractivity contribution is 0.0607. The van der Waals surface area contributed by atoms with E-state index in [0.29, 0.717) is 0 Å². The lowest BCUT2D eigenvalue weighted by Gasteiger charge is -2.44. The minimum Gasteiger partial charge on any atom is -0.395 e. The summed E-state index contributed by atoms with van der Waals surface area (Å²) in [5.74, 6) is 0.139. The van der Waals surface area contributed by atoms with Crippen molar-refractivity contribution in [3.8, 4) is 0 Å². The second kappa shape index (κ2) is 6.71. The fourth-order valence-corrected chi connectivity index (χ4v) is 4.34. The van der Waals surface area contributed by atoms with Crippen molar-refractivity contribution in [1.82, 2.24) is 9.88 Å². The second-order valence-corrected chi connectivity index (χ2v) is 7.09. The molecule has 1 fully saturated rings. The van der Waals surface area contributed by atoms with E-state index in [2.05, 4.69) is 49.0 Å². The van der Waals surface area contributed by atoms with E-state index in [9.17, 15) is 10.2 Å². The van der Waals surface area contributed by atoms with Crippen LogP contribution in [0.1, 0.15) is 24.6 Å². The highest BCUT2D eigenvalue weighted by Crippen LogP contribution is 2.43. The van der Waals surface area contributed by atoms with Crippen molar-refractivity contribution in [1.29, 1.82) is 0 Å². The molecule has 2 aromatic rings. The van der Waals surface area contributed by atoms with Crippen LogP contribution in [0, 0.1) is 12.8 Å². The van der Waals surface area contributed by atoms with Crippen LogP contribution >= 0.6 is 0 Å². The Labute approximate surface area is 143 Å². The van der Waals surface area contributed by atoms with Crippen molar-refractivity contribution >= 4 is 10.9 Å². The largest absolute Gasteiger partial charge is 0.395 e. The third-order valence-electron chi connectivity index (χ3n) is 5.77. The van der Waals surface area contributed by atoms with Gasteiger partial charge in [0.2, 0.25) is 0 Å². The lowest BCUT2D eigenvalue weighted by atomic mass is 9.66. The molecule has 4 heteroatoms. The molecule has 4 nitrogen and oxygen atoms in total. The molecule has 0 radical (unpaired) electrons. The van der Waals surface area contributed by atoms with Crippen LogP contribution in [-0.4, -0.2) is 53.4 Å². The number of aliphatic hydroxyl groups is 2. The number of nitrogens with one attached hydrogen (secondary N) is 1. The Bertz CT molecular complexity index is 743. The molecule has 1 aliphatic rings. The minimum absolute atomic E-state index is 0.0666. The first-order valence-corrected chi connectivity index (χ1v) is 8.70. The standard InChI is InChI=1S/C20H28N2O2/c1-4-15-11-22(3)10-9-17(15)20(12-23,13-24)19-14(2)16-7-5-6-8-18(16)21-19/h4-8,17,21,23-24H,9-13H2,1-3H3/b15-4-. The zero-order chi connectivity index (χ0) is 17.3. The quantitative estimate of drug-likeness (QED) is 0.756. The van der Waals surface area contributed by atoms with Gasteiger partial charge in [-0.25, -0.2) is 0 Å². The zero-order valence-corrected chi connectivity index (χ0v) is 14.8. The van der Waals surface area contributed by atoms with E-state index in [1.807, 2.05) is 12.1 Å². The Balaban J connectivity index is 2.15. The van der Waals surface area contributed by atoms with Crippen LogP contribution in [0.25, 0.3) is 10.9 Å². The molecular weight excluding hydrogens is 300 g/mol. The Kier molecular flexibility index (Phi) is 4.81. The average molecular weight is 328 g/mol. The Morgan fingerprint density at radius 1 is 1.29 bits per heavy atom. The second-order valence-electron chi connectivity index (χ2n) is 7.09. The molecule has 0 aliphatic carbocycles. The first-order chi connectivity index (χ1) is 11.6. The number of aromatic amines is 1. The topological polar surface area (TPSA) is 59.5 Å². The van der Waals surface area contributed by atoms with Crippen molar-refractivity contribution in [3.05, 3.63) is 47.2 Å². The number of aliphatic hydroxyl groups excluding tert-OH is 2. The predicted octanol–water partition coefficient (Wildman–Crippen LogP) is 2.60. The van der Waals surface area contributed by atoms with E-state index < -0.39 is 5.41 Å². The van der Waals surface area contributed by atoms with Crippen molar-refractivity contribution in [2.75, 3.05) is 33.4 Å². The number of fused-ring (bicyclic) bond motifs is 1. The summed E-state index contributed by atoms with van der Waals surface area (Å²) in [7, 11) is 2.12. The van der Waals surface area contributed by atoms with Gasteiger partial charge in [-0.15, -0.1) is 0 Å². The number of piperidine rings is 1. The Morgan fingerprint density at radius 3 is 2.62 bits per heavy atom. The van der Waals surface area contributed by atoms with Crippen LogP contribution in [0.15, 0.2) is 35.9 Å². The van der Waals surface area contributed by atoms with Gasteiger partial charge in [-0.2, -0.15) is 0 Å². The van der Waals surface area contributed by atoms with Crippen molar-refractivity contribution in [3.63, 3.8) is 0 Å². The molecule has 24 heavy (non-hydrogen) atoms. The molecule has 0 spiro atoms. The van der Waals surface area contributed by atoms with Crippen molar-refractivity contribution in [2.45, 2.75) is 25.7 Å². The highest BCUT2D eigenvalue weighted by Gasteiger charge is 2.45. The molecule has 1 aliphatic heterocycles. The van der Waals surface area contributed by atoms with E-state index in [1.54, 1.807) is 0 Å². The summed E-state index contributed by atoms with van der Waals surface area (Å²) in [5.41, 5.74) is 3.79. The van der Waals surface area contributed by atoms with Crippen LogP contribution in [0.2, 0.25) is 0 Å². The fraction of sp³-hybridized carbons (Fsp3) is 0.500. The predicted molar refractivity (Wildman–Crippen MR) is 98.2 cm³/mol. The summed E-state index contributed by atoms with van der Waals surface area (Å²) in [6.45, 7) is 5.87. The van der Waals surface area contributed by atoms with Crippen LogP contribution in [-0.2, 0) is 5.41 Å². The number of para-hydroxylation sites is 1. The number of aryl methyl sites for hydroxylation is 1. The van der Waals surface area contributed by atoms with Crippen molar-refractivity contribution in [2.24, 2.45) is 5.92 Å². The van der Waals surface area contributed by atoms with E-state index in [1.165, 1.54) is 5.57 Å². The SMILES string of the molecule is C/C=C1/CN(C)CCC1C(CO)(CO)c1[nH]c2ccccc2c1C. The summed E-state index contributed by atoms with van der Waals surface area (Å²) in [4.78, 5) is 5.79. The molecule has 0 bridgehead atoms. The maximum atomic E-state index is 10.4. The zero-order valence-electron chi connectivity index (χ0n) is 14.8. The van der Waals surface area contributed by atoms with E-state index >= 15 is 0 Å². The highest BCUT2D eigenvalue weighted by molar-refractivity contribution is 5.84. The molecule has 2 heterocycles. The van der Waals surface area contributed by atoms with Gasteiger partial charge in [-0.05, 0) is 51.4 Å². The van der Waals surface area contributed by atoms with Gasteiger partial charge < -0.3 is 20.1 Å². The smallest absolute Gasteiger partial charge is 0.0634 e. The number of hydrogen-bond acceptors (Lipinski definition) is 3. The van der Waals surface area contributed by atoms with Gasteiger partial charge in [0.15, 0.2) is 0 Å². The molecule has 1 aromatic carbocycles. The molecule has 0 amide bonds. The number of benzene rings is 1. The molecule has 3 N–H and O–H groups in total. The van der Waals surface area contributed by atoms with Crippen LogP contribution in [0.5, 0.6) is 0 Å². The molecule has 3 rings (SSSR count). The fourth-order valence-electron chi connectivity index (χ4n) is 4.34. The van der Waals surface area contributed by atoms with Gasteiger partial charge in [0.05, 0.1) is 18.6 Å². The Hall–Kier alpha value is -1.62. The number of H-pyrrole nitrogens is 1. The number of nitrogens with zero attached hydrogens (tertiary/aromatic N) is 1. The molecule has 1 atom stereocenters. The Morgan fingerprint density at radius 2 is 2.00 bits per heavy atom. The molecule has 0 saturated carbocycles. The average Bonchev–Trinajstić information content (AvgIpc) is 2.95. The number of likely N-dealkylation sites (tertiary alicyclic amines) is 1. The number of allylic oxidation sites excluding steroid dienone is 1. The third-order valence-corrected chi connectivity index (χ3v) is 5.77. The van der Waals surface area contributed by atoms with Crippen LogP contribution in [0.4, 0.5) is 0 Å². The van der Waals surface area contributed by atoms with Crippen molar-refractivity contribution < 1.29 is 10.2 Å². The highest BCUT2D eigenvalue weighted by atomic mass is 16.3. The molecule has 130 valence electrons. The molecular formula is C20H28N2O2. The van der Waals surface area contributed by atoms with Gasteiger partial charge in [-0.1, -0.05) is 29.8 Å². The van der Waals surface area contributed by atoms with Gasteiger partial charge in [0.1, 0.15) is 0 Å². The summed E-state index contributed by atoms with van der Waals surface area (Å²) in [6.07, 6.45) is 3.09. The molecule has 1 saturated heterocycles. The maximum absolute atomic E-state index is 10.4. The number of aromatic nitrogens is 1. The summed E-state index contributed by atoms with van der Waals surface area (Å²) in [5, 5.41) is 21.9. The number of rotatable bonds is 4. The maximum Gasteiger partial charge on any atom is 0.0634 e. The van der Waals surface area contributed by atoms with Gasteiger partial charge in [0.25, 0.3) is 0 Å². The first kappa shape index (κ1) is 17.2. The van der Waals surface area contributed by atoms with E-state index in [4.69, 9.17) is 0 Å². The van der Waals surface area contributed by atoms with Gasteiger partial charge in [0, 0.05) is 23.1 Å². The normalized spacial score (nSPS) is 21.7. The minimum atomic E-state index is -0.674. The van der Waals surface area contributed by atoms with Gasteiger partial charge >= 0.3 is 0 Å². The third kappa shape index (κ3) is 2.59. The van der Waals surface area contributed by atoms with E-state index in [-0.39, 0.29) is 19.1 Å². The summed E-state index contributed by atoms with van der Waals surface area (Å²) >= 11 is 0. The molecule has 1 aromatic heterocycles. The molecule has 1 unspecified atom stereocenters. The number of likely N-dealkylation sites (N-methyl/N-ethyl adjacent to an activating group) is 1. The van der Waals surface area contributed by atoms with Crippen LogP contribution < -0.4 is 0 Å².